The largest absolute Gasteiger partial charge is 0.469 e. The van der Waals surface area contributed by atoms with Crippen molar-refractivity contribution in [3.8, 4) is 0 Å². The zero-order chi connectivity index (χ0) is 15.6. The van der Waals surface area contributed by atoms with Crippen LogP contribution in [0.2, 0.25) is 0 Å². The summed E-state index contributed by atoms with van der Waals surface area (Å²) >= 11 is 0. The van der Waals surface area contributed by atoms with Crippen LogP contribution < -0.4 is 10.6 Å². The third-order valence-electron chi connectivity index (χ3n) is 3.16. The Morgan fingerprint density at radius 3 is 2.91 bits per heavy atom. The fourth-order valence-corrected chi connectivity index (χ4v) is 2.08. The van der Waals surface area contributed by atoms with E-state index >= 15 is 0 Å². The maximum Gasteiger partial charge on any atom is 0.191 e. The third kappa shape index (κ3) is 5.48. The maximum absolute atomic E-state index is 5.32. The van der Waals surface area contributed by atoms with Gasteiger partial charge in [0.25, 0.3) is 0 Å². The molecule has 0 atom stereocenters. The summed E-state index contributed by atoms with van der Waals surface area (Å²) in [6, 6.07) is 12.3. The van der Waals surface area contributed by atoms with Crippen LogP contribution in [0.3, 0.4) is 0 Å². The molecule has 4 nitrogen and oxygen atoms in total. The SMILES string of the molecule is C=CCNC(=NCc1cccc(C)c1)NCCc1ccco1. The molecule has 116 valence electrons. The molecule has 2 rings (SSSR count). The molecule has 1 aromatic carbocycles. The van der Waals surface area contributed by atoms with E-state index in [1.165, 1.54) is 11.1 Å². The van der Waals surface area contributed by atoms with Gasteiger partial charge in [-0.1, -0.05) is 35.9 Å². The number of benzene rings is 1. The number of hydrogen-bond donors (Lipinski definition) is 2. The second-order valence-electron chi connectivity index (χ2n) is 5.08. The highest BCUT2D eigenvalue weighted by molar-refractivity contribution is 5.79. The van der Waals surface area contributed by atoms with Gasteiger partial charge in [0.1, 0.15) is 5.76 Å². The van der Waals surface area contributed by atoms with Crippen LogP contribution in [-0.2, 0) is 13.0 Å². The molecule has 0 radical (unpaired) electrons. The fourth-order valence-electron chi connectivity index (χ4n) is 2.08. The normalized spacial score (nSPS) is 11.2. The minimum Gasteiger partial charge on any atom is -0.469 e. The van der Waals surface area contributed by atoms with E-state index in [0.29, 0.717) is 13.1 Å². The Hall–Kier alpha value is -2.49. The Kier molecular flexibility index (Phi) is 6.30. The van der Waals surface area contributed by atoms with Gasteiger partial charge in [0.2, 0.25) is 0 Å². The molecule has 0 saturated carbocycles. The first-order valence-electron chi connectivity index (χ1n) is 7.49. The van der Waals surface area contributed by atoms with Crippen molar-refractivity contribution in [1.29, 1.82) is 0 Å². The highest BCUT2D eigenvalue weighted by Gasteiger charge is 2.00. The van der Waals surface area contributed by atoms with Gasteiger partial charge >= 0.3 is 0 Å². The number of aliphatic imine (C=N–C) groups is 1. The Labute approximate surface area is 132 Å². The predicted octanol–water partition coefficient (Wildman–Crippen LogP) is 3.05. The molecule has 0 saturated heterocycles. The van der Waals surface area contributed by atoms with Crippen LogP contribution in [0.1, 0.15) is 16.9 Å². The van der Waals surface area contributed by atoms with Crippen molar-refractivity contribution in [2.45, 2.75) is 19.9 Å². The highest BCUT2D eigenvalue weighted by atomic mass is 16.3. The molecule has 0 unspecified atom stereocenters. The monoisotopic (exact) mass is 297 g/mol. The molecule has 1 heterocycles. The van der Waals surface area contributed by atoms with Gasteiger partial charge in [-0.15, -0.1) is 6.58 Å². The van der Waals surface area contributed by atoms with Crippen LogP contribution >= 0.6 is 0 Å². The standard InChI is InChI=1S/C18H23N3O/c1-3-10-19-18(20-11-9-17-8-5-12-22-17)21-14-16-7-4-6-15(2)13-16/h3-8,12-13H,1,9-11,14H2,2H3,(H2,19,20,21). The quantitative estimate of drug-likeness (QED) is 0.469. The molecule has 22 heavy (non-hydrogen) atoms. The Morgan fingerprint density at radius 2 is 2.18 bits per heavy atom. The molecule has 1 aromatic heterocycles. The topological polar surface area (TPSA) is 49.6 Å². The first-order chi connectivity index (χ1) is 10.8. The number of furan rings is 1. The van der Waals surface area contributed by atoms with Crippen molar-refractivity contribution < 1.29 is 4.42 Å². The predicted molar refractivity (Wildman–Crippen MR) is 90.9 cm³/mol. The average molecular weight is 297 g/mol. The van der Waals surface area contributed by atoms with Crippen molar-refractivity contribution in [1.82, 2.24) is 10.6 Å². The van der Waals surface area contributed by atoms with Gasteiger partial charge < -0.3 is 15.1 Å². The zero-order valence-electron chi connectivity index (χ0n) is 13.0. The van der Waals surface area contributed by atoms with Crippen LogP contribution in [0.15, 0.2) is 64.7 Å². The van der Waals surface area contributed by atoms with Gasteiger partial charge in [0.15, 0.2) is 5.96 Å². The van der Waals surface area contributed by atoms with Crippen LogP contribution in [-0.4, -0.2) is 19.0 Å². The molecule has 0 spiro atoms. The average Bonchev–Trinajstić information content (AvgIpc) is 3.03. The minimum atomic E-state index is 0.648. The van der Waals surface area contributed by atoms with Crippen LogP contribution in [0.4, 0.5) is 0 Å². The molecule has 0 aliphatic heterocycles. The Bertz CT molecular complexity index is 603. The van der Waals surface area contributed by atoms with E-state index in [2.05, 4.69) is 53.4 Å². The number of nitrogens with zero attached hydrogens (tertiary/aromatic N) is 1. The Balaban J connectivity index is 1.89. The van der Waals surface area contributed by atoms with Gasteiger partial charge in [-0.05, 0) is 24.6 Å². The van der Waals surface area contributed by atoms with E-state index in [0.717, 1.165) is 24.7 Å². The lowest BCUT2D eigenvalue weighted by Gasteiger charge is -2.11. The summed E-state index contributed by atoms with van der Waals surface area (Å²) in [6.45, 7) is 7.91. The van der Waals surface area contributed by atoms with Crippen molar-refractivity contribution in [2.75, 3.05) is 13.1 Å². The van der Waals surface area contributed by atoms with Gasteiger partial charge in [0.05, 0.1) is 12.8 Å². The van der Waals surface area contributed by atoms with Gasteiger partial charge in [0, 0.05) is 19.5 Å². The number of guanidine groups is 1. The lowest BCUT2D eigenvalue weighted by Crippen LogP contribution is -2.38. The number of rotatable bonds is 7. The Morgan fingerprint density at radius 1 is 1.27 bits per heavy atom. The summed E-state index contributed by atoms with van der Waals surface area (Å²) in [4.78, 5) is 4.61. The molecule has 0 bridgehead atoms. The fraction of sp³-hybridized carbons (Fsp3) is 0.278. The van der Waals surface area contributed by atoms with Crippen molar-refractivity contribution in [2.24, 2.45) is 4.99 Å². The third-order valence-corrected chi connectivity index (χ3v) is 3.16. The number of nitrogens with one attached hydrogen (secondary N) is 2. The smallest absolute Gasteiger partial charge is 0.191 e. The van der Waals surface area contributed by atoms with E-state index in [1.807, 2.05) is 18.2 Å². The van der Waals surface area contributed by atoms with Gasteiger partial charge in [-0.3, -0.25) is 0 Å². The molecule has 2 N–H and O–H groups in total. The van der Waals surface area contributed by atoms with Crippen molar-refractivity contribution in [3.63, 3.8) is 0 Å². The van der Waals surface area contributed by atoms with E-state index in [1.54, 1.807) is 6.26 Å². The molecule has 4 heteroatoms. The summed E-state index contributed by atoms with van der Waals surface area (Å²) < 4.78 is 5.32. The second-order valence-corrected chi connectivity index (χ2v) is 5.08. The van der Waals surface area contributed by atoms with Crippen molar-refractivity contribution >= 4 is 5.96 Å². The van der Waals surface area contributed by atoms with Crippen LogP contribution in [0.5, 0.6) is 0 Å². The lowest BCUT2D eigenvalue weighted by atomic mass is 10.1. The summed E-state index contributed by atoms with van der Waals surface area (Å²) in [5.41, 5.74) is 2.45. The van der Waals surface area contributed by atoms with Gasteiger partial charge in [-0.2, -0.15) is 0 Å². The molecular weight excluding hydrogens is 274 g/mol. The summed E-state index contributed by atoms with van der Waals surface area (Å²) in [5.74, 6) is 1.75. The molecule has 2 aromatic rings. The lowest BCUT2D eigenvalue weighted by molar-refractivity contribution is 0.507. The van der Waals surface area contributed by atoms with Gasteiger partial charge in [-0.25, -0.2) is 4.99 Å². The molecule has 0 aliphatic carbocycles. The van der Waals surface area contributed by atoms with Crippen LogP contribution in [0.25, 0.3) is 0 Å². The first kappa shape index (κ1) is 15.9. The minimum absolute atomic E-state index is 0.648. The molecule has 0 amide bonds. The maximum atomic E-state index is 5.32. The van der Waals surface area contributed by atoms with E-state index < -0.39 is 0 Å². The second kappa shape index (κ2) is 8.72. The van der Waals surface area contributed by atoms with Crippen LogP contribution in [0, 0.1) is 6.92 Å². The summed E-state index contributed by atoms with van der Waals surface area (Å²) in [7, 11) is 0. The molecule has 0 aliphatic rings. The van der Waals surface area contributed by atoms with E-state index in [4.69, 9.17) is 4.42 Å². The first-order valence-corrected chi connectivity index (χ1v) is 7.49. The highest BCUT2D eigenvalue weighted by Crippen LogP contribution is 2.05. The number of hydrogen-bond acceptors (Lipinski definition) is 2. The van der Waals surface area contributed by atoms with E-state index in [9.17, 15) is 0 Å². The molecular formula is C18H23N3O. The van der Waals surface area contributed by atoms with Crippen molar-refractivity contribution in [3.05, 3.63) is 72.2 Å². The summed E-state index contributed by atoms with van der Waals surface area (Å²) in [5, 5.41) is 6.53. The molecule has 0 fully saturated rings. The van der Waals surface area contributed by atoms with E-state index in [-0.39, 0.29) is 0 Å². The number of aryl methyl sites for hydroxylation is 1. The zero-order valence-corrected chi connectivity index (χ0v) is 13.0. The summed E-state index contributed by atoms with van der Waals surface area (Å²) in [6.07, 6.45) is 4.33.